The Hall–Kier alpha value is -2.34. The summed E-state index contributed by atoms with van der Waals surface area (Å²) < 4.78 is 5.40. The van der Waals surface area contributed by atoms with Gasteiger partial charge in [0.1, 0.15) is 5.75 Å². The molecule has 1 fully saturated rings. The summed E-state index contributed by atoms with van der Waals surface area (Å²) in [6.07, 6.45) is 1.39. The van der Waals surface area contributed by atoms with E-state index in [1.54, 1.807) is 0 Å². The lowest BCUT2D eigenvalue weighted by molar-refractivity contribution is -0.121. The molecule has 2 aromatic rings. The second kappa shape index (κ2) is 8.16. The number of amides is 2. The number of piperidine rings is 1. The molecular formula is C19H22N2O3S. The molecule has 5 nitrogen and oxygen atoms in total. The third-order valence-corrected chi connectivity index (χ3v) is 5.18. The predicted octanol–water partition coefficient (Wildman–Crippen LogP) is 3.64. The van der Waals surface area contributed by atoms with Crippen molar-refractivity contribution in [2.45, 2.75) is 19.8 Å². The van der Waals surface area contributed by atoms with Crippen LogP contribution in [0.4, 0.5) is 5.69 Å². The first-order chi connectivity index (χ1) is 12.2. The van der Waals surface area contributed by atoms with Crippen LogP contribution in [0.3, 0.4) is 0 Å². The van der Waals surface area contributed by atoms with Gasteiger partial charge in [0.2, 0.25) is 5.91 Å². The number of anilines is 1. The van der Waals surface area contributed by atoms with E-state index in [-0.39, 0.29) is 17.7 Å². The number of nitrogens with zero attached hydrogens (tertiary/aromatic N) is 1. The number of likely N-dealkylation sites (tertiary alicyclic amines) is 1. The van der Waals surface area contributed by atoms with Gasteiger partial charge in [0.25, 0.3) is 5.91 Å². The molecule has 0 aliphatic carbocycles. The van der Waals surface area contributed by atoms with Crippen LogP contribution in [0.2, 0.25) is 0 Å². The summed E-state index contributed by atoms with van der Waals surface area (Å²) in [6.45, 7) is 3.80. The van der Waals surface area contributed by atoms with Crippen LogP contribution >= 0.6 is 11.3 Å². The van der Waals surface area contributed by atoms with Crippen molar-refractivity contribution in [3.8, 4) is 5.75 Å². The average Bonchev–Trinajstić information content (AvgIpc) is 3.18. The zero-order chi connectivity index (χ0) is 17.6. The number of benzene rings is 1. The van der Waals surface area contributed by atoms with Gasteiger partial charge in [-0.25, -0.2) is 0 Å². The Kier molecular flexibility index (Phi) is 5.71. The molecule has 1 aliphatic rings. The molecule has 1 N–H and O–H groups in total. The molecular weight excluding hydrogens is 336 g/mol. The number of ether oxygens (including phenoxy) is 1. The molecule has 0 unspecified atom stereocenters. The molecule has 1 aromatic heterocycles. The van der Waals surface area contributed by atoms with E-state index < -0.39 is 0 Å². The van der Waals surface area contributed by atoms with Gasteiger partial charge < -0.3 is 15.0 Å². The molecule has 6 heteroatoms. The molecule has 0 radical (unpaired) electrons. The zero-order valence-corrected chi connectivity index (χ0v) is 15.1. The molecule has 0 spiro atoms. The lowest BCUT2D eigenvalue weighted by Gasteiger charge is -2.31. The minimum Gasteiger partial charge on any atom is -0.494 e. The third-order valence-electron chi connectivity index (χ3n) is 4.32. The number of nitrogens with one attached hydrogen (secondary N) is 1. The van der Waals surface area contributed by atoms with Gasteiger partial charge in [-0.1, -0.05) is 6.07 Å². The normalized spacial score (nSPS) is 15.0. The summed E-state index contributed by atoms with van der Waals surface area (Å²) in [5.74, 6) is 0.826. The highest BCUT2D eigenvalue weighted by Gasteiger charge is 2.28. The molecule has 3 rings (SSSR count). The van der Waals surface area contributed by atoms with E-state index >= 15 is 0 Å². The minimum absolute atomic E-state index is 0.0207. The lowest BCUT2D eigenvalue weighted by atomic mass is 9.95. The van der Waals surface area contributed by atoms with E-state index in [9.17, 15) is 9.59 Å². The lowest BCUT2D eigenvalue weighted by Crippen LogP contribution is -2.41. The summed E-state index contributed by atoms with van der Waals surface area (Å²) >= 11 is 1.46. The Labute approximate surface area is 151 Å². The summed E-state index contributed by atoms with van der Waals surface area (Å²) in [6, 6.07) is 11.1. The smallest absolute Gasteiger partial charge is 0.263 e. The van der Waals surface area contributed by atoms with Crippen molar-refractivity contribution in [3.05, 3.63) is 46.7 Å². The van der Waals surface area contributed by atoms with Crippen LogP contribution in [-0.4, -0.2) is 36.4 Å². The molecule has 1 aliphatic heterocycles. The minimum atomic E-state index is -0.0565. The van der Waals surface area contributed by atoms with E-state index in [0.29, 0.717) is 32.5 Å². The van der Waals surface area contributed by atoms with E-state index in [2.05, 4.69) is 5.32 Å². The highest BCUT2D eigenvalue weighted by Crippen LogP contribution is 2.23. The van der Waals surface area contributed by atoms with Gasteiger partial charge in [0.15, 0.2) is 0 Å². The van der Waals surface area contributed by atoms with Crippen molar-refractivity contribution in [3.63, 3.8) is 0 Å². The van der Waals surface area contributed by atoms with Crippen molar-refractivity contribution < 1.29 is 14.3 Å². The summed E-state index contributed by atoms with van der Waals surface area (Å²) in [7, 11) is 0. The second-order valence-corrected chi connectivity index (χ2v) is 6.94. The quantitative estimate of drug-likeness (QED) is 0.888. The Balaban J connectivity index is 1.50. The van der Waals surface area contributed by atoms with Crippen LogP contribution in [0.25, 0.3) is 0 Å². The fourth-order valence-corrected chi connectivity index (χ4v) is 3.64. The number of hydrogen-bond acceptors (Lipinski definition) is 4. The predicted molar refractivity (Wildman–Crippen MR) is 99.2 cm³/mol. The van der Waals surface area contributed by atoms with Crippen molar-refractivity contribution in [1.29, 1.82) is 0 Å². The Morgan fingerprint density at radius 3 is 2.52 bits per heavy atom. The number of carbonyl (C=O) groups is 2. The fraction of sp³-hybridized carbons (Fsp3) is 0.368. The van der Waals surface area contributed by atoms with Crippen molar-refractivity contribution in [1.82, 2.24) is 4.90 Å². The van der Waals surface area contributed by atoms with Gasteiger partial charge >= 0.3 is 0 Å². The van der Waals surface area contributed by atoms with Crippen LogP contribution in [-0.2, 0) is 4.79 Å². The standard InChI is InChI=1S/C19H22N2O3S/c1-2-24-16-7-5-15(6-8-16)20-18(22)14-9-11-21(12-10-14)19(23)17-4-3-13-25-17/h3-8,13-14H,2,9-12H2,1H3,(H,20,22). The highest BCUT2D eigenvalue weighted by atomic mass is 32.1. The van der Waals surface area contributed by atoms with Crippen LogP contribution in [0.1, 0.15) is 29.4 Å². The number of carbonyl (C=O) groups excluding carboxylic acids is 2. The number of rotatable bonds is 5. The first-order valence-corrected chi connectivity index (χ1v) is 9.42. The summed E-state index contributed by atoms with van der Waals surface area (Å²) in [5.41, 5.74) is 0.769. The average molecular weight is 358 g/mol. The van der Waals surface area contributed by atoms with Crippen molar-refractivity contribution >= 4 is 28.8 Å². The van der Waals surface area contributed by atoms with E-state index in [0.717, 1.165) is 16.3 Å². The zero-order valence-electron chi connectivity index (χ0n) is 14.2. The van der Waals surface area contributed by atoms with E-state index in [1.165, 1.54) is 11.3 Å². The monoisotopic (exact) mass is 358 g/mol. The second-order valence-electron chi connectivity index (χ2n) is 5.99. The Morgan fingerprint density at radius 1 is 1.20 bits per heavy atom. The highest BCUT2D eigenvalue weighted by molar-refractivity contribution is 7.12. The molecule has 132 valence electrons. The van der Waals surface area contributed by atoms with Crippen LogP contribution in [0, 0.1) is 5.92 Å². The third kappa shape index (κ3) is 4.39. The molecule has 1 aromatic carbocycles. The van der Waals surface area contributed by atoms with Crippen LogP contribution in [0.15, 0.2) is 41.8 Å². The van der Waals surface area contributed by atoms with Gasteiger partial charge in [0, 0.05) is 24.7 Å². The summed E-state index contributed by atoms with van der Waals surface area (Å²) in [5, 5.41) is 4.86. The first kappa shape index (κ1) is 17.5. The molecule has 2 amide bonds. The maximum Gasteiger partial charge on any atom is 0.263 e. The largest absolute Gasteiger partial charge is 0.494 e. The molecule has 25 heavy (non-hydrogen) atoms. The van der Waals surface area contributed by atoms with Gasteiger partial charge in [-0.3, -0.25) is 9.59 Å². The molecule has 0 bridgehead atoms. The van der Waals surface area contributed by atoms with Gasteiger partial charge in [-0.2, -0.15) is 0 Å². The SMILES string of the molecule is CCOc1ccc(NC(=O)C2CCN(C(=O)c3cccs3)CC2)cc1. The summed E-state index contributed by atoms with van der Waals surface area (Å²) in [4.78, 5) is 27.4. The number of thiophene rings is 1. The molecule has 0 saturated carbocycles. The van der Waals surface area contributed by atoms with Gasteiger partial charge in [-0.05, 0) is 55.5 Å². The van der Waals surface area contributed by atoms with E-state index in [4.69, 9.17) is 4.74 Å². The van der Waals surface area contributed by atoms with E-state index in [1.807, 2.05) is 53.6 Å². The topological polar surface area (TPSA) is 58.6 Å². The molecule has 2 heterocycles. The fourth-order valence-electron chi connectivity index (χ4n) is 2.95. The molecule has 0 atom stereocenters. The van der Waals surface area contributed by atoms with Crippen LogP contribution < -0.4 is 10.1 Å². The Morgan fingerprint density at radius 2 is 1.92 bits per heavy atom. The van der Waals surface area contributed by atoms with Crippen molar-refractivity contribution in [2.75, 3.05) is 25.0 Å². The maximum absolute atomic E-state index is 12.4. The number of hydrogen-bond donors (Lipinski definition) is 1. The van der Waals surface area contributed by atoms with Crippen LogP contribution in [0.5, 0.6) is 5.75 Å². The first-order valence-electron chi connectivity index (χ1n) is 8.54. The maximum atomic E-state index is 12.4. The molecule has 1 saturated heterocycles. The van der Waals surface area contributed by atoms with Crippen molar-refractivity contribution in [2.24, 2.45) is 5.92 Å². The Bertz CT molecular complexity index is 705. The van der Waals surface area contributed by atoms with Gasteiger partial charge in [0.05, 0.1) is 11.5 Å². The van der Waals surface area contributed by atoms with Gasteiger partial charge in [-0.15, -0.1) is 11.3 Å².